The van der Waals surface area contributed by atoms with Crippen LogP contribution in [0.15, 0.2) is 0 Å². The summed E-state index contributed by atoms with van der Waals surface area (Å²) < 4.78 is 0. The van der Waals surface area contributed by atoms with Crippen molar-refractivity contribution in [3.05, 3.63) is 0 Å². The summed E-state index contributed by atoms with van der Waals surface area (Å²) in [5.41, 5.74) is 0. The minimum Gasteiger partial charge on any atom is -0.355 e. The predicted molar refractivity (Wildman–Crippen MR) is 70.8 cm³/mol. The minimum absolute atomic E-state index is 0.198. The topological polar surface area (TPSA) is 41.1 Å². The van der Waals surface area contributed by atoms with Gasteiger partial charge in [-0.15, -0.1) is 11.8 Å². The first-order valence-corrected chi connectivity index (χ1v) is 7.32. The minimum atomic E-state index is 0.198. The maximum absolute atomic E-state index is 11.5. The van der Waals surface area contributed by atoms with Gasteiger partial charge in [0.15, 0.2) is 0 Å². The van der Waals surface area contributed by atoms with Crippen molar-refractivity contribution in [3.8, 4) is 0 Å². The molecule has 0 atom stereocenters. The predicted octanol–water partition coefficient (Wildman–Crippen LogP) is 1.63. The Balaban J connectivity index is 2.00. The van der Waals surface area contributed by atoms with Gasteiger partial charge in [0.2, 0.25) is 5.91 Å². The van der Waals surface area contributed by atoms with E-state index in [0.29, 0.717) is 16.9 Å². The van der Waals surface area contributed by atoms with Gasteiger partial charge in [-0.25, -0.2) is 0 Å². The van der Waals surface area contributed by atoms with Gasteiger partial charge in [-0.05, 0) is 38.3 Å². The van der Waals surface area contributed by atoms with Gasteiger partial charge in [0.1, 0.15) is 0 Å². The Morgan fingerprint density at radius 2 is 2.12 bits per heavy atom. The number of hydrogen-bond donors (Lipinski definition) is 2. The summed E-state index contributed by atoms with van der Waals surface area (Å²) in [5.74, 6) is 1.49. The molecule has 1 saturated heterocycles. The molecular formula is C12H24N2OS. The Labute approximate surface area is 103 Å². The summed E-state index contributed by atoms with van der Waals surface area (Å²) in [6, 6.07) is 0. The van der Waals surface area contributed by atoms with E-state index in [1.54, 1.807) is 0 Å². The second-order valence-corrected chi connectivity index (χ2v) is 6.08. The van der Waals surface area contributed by atoms with Crippen LogP contribution in [0.4, 0.5) is 0 Å². The maximum Gasteiger partial charge on any atom is 0.230 e. The van der Waals surface area contributed by atoms with E-state index < -0.39 is 0 Å². The van der Waals surface area contributed by atoms with Crippen LogP contribution in [0.25, 0.3) is 0 Å². The van der Waals surface area contributed by atoms with Crippen LogP contribution in [0.5, 0.6) is 0 Å². The molecule has 0 radical (unpaired) electrons. The molecule has 3 nitrogen and oxygen atoms in total. The third-order valence-corrected chi connectivity index (χ3v) is 4.15. The van der Waals surface area contributed by atoms with E-state index in [1.807, 2.05) is 11.8 Å². The molecule has 0 aliphatic carbocycles. The summed E-state index contributed by atoms with van der Waals surface area (Å²) >= 11 is 1.81. The smallest absolute Gasteiger partial charge is 0.230 e. The molecule has 16 heavy (non-hydrogen) atoms. The fourth-order valence-corrected chi connectivity index (χ4v) is 2.77. The lowest BCUT2D eigenvalue weighted by Gasteiger charge is -2.21. The third-order valence-electron chi connectivity index (χ3n) is 2.78. The van der Waals surface area contributed by atoms with E-state index in [-0.39, 0.29) is 5.91 Å². The van der Waals surface area contributed by atoms with Crippen molar-refractivity contribution in [1.29, 1.82) is 0 Å². The van der Waals surface area contributed by atoms with Gasteiger partial charge in [-0.1, -0.05) is 13.8 Å². The number of piperidine rings is 1. The van der Waals surface area contributed by atoms with Gasteiger partial charge in [-0.2, -0.15) is 0 Å². The summed E-state index contributed by atoms with van der Waals surface area (Å²) in [6.45, 7) is 7.38. The van der Waals surface area contributed by atoms with Crippen molar-refractivity contribution in [2.24, 2.45) is 5.92 Å². The van der Waals surface area contributed by atoms with Gasteiger partial charge in [0.25, 0.3) is 0 Å². The second kappa shape index (κ2) is 7.96. The molecule has 0 aromatic heterocycles. The van der Waals surface area contributed by atoms with Crippen LogP contribution in [0.1, 0.15) is 33.1 Å². The fourth-order valence-electron chi connectivity index (χ4n) is 1.71. The number of carbonyl (C=O) groups is 1. The molecule has 0 aromatic carbocycles. The molecule has 0 spiro atoms. The lowest BCUT2D eigenvalue weighted by molar-refractivity contribution is -0.118. The quantitative estimate of drug-likeness (QED) is 0.746. The van der Waals surface area contributed by atoms with E-state index in [9.17, 15) is 4.79 Å². The van der Waals surface area contributed by atoms with Gasteiger partial charge in [0.05, 0.1) is 5.75 Å². The number of carbonyl (C=O) groups excluding carboxylic acids is 1. The average Bonchev–Trinajstić information content (AvgIpc) is 2.27. The van der Waals surface area contributed by atoms with Gasteiger partial charge < -0.3 is 10.6 Å². The maximum atomic E-state index is 11.5. The van der Waals surface area contributed by atoms with E-state index in [0.717, 1.165) is 26.1 Å². The molecule has 1 aliphatic rings. The zero-order valence-corrected chi connectivity index (χ0v) is 11.2. The Kier molecular flexibility index (Phi) is 6.88. The number of nitrogens with one attached hydrogen (secondary N) is 2. The number of thioether (sulfide) groups is 1. The SMILES string of the molecule is CC(C)CCNC(=O)CSC1CCNCC1. The highest BCUT2D eigenvalue weighted by Crippen LogP contribution is 2.19. The summed E-state index contributed by atoms with van der Waals surface area (Å²) in [4.78, 5) is 11.5. The molecule has 0 unspecified atom stereocenters. The Morgan fingerprint density at radius 3 is 2.75 bits per heavy atom. The molecular weight excluding hydrogens is 220 g/mol. The van der Waals surface area contributed by atoms with Gasteiger partial charge in [-0.3, -0.25) is 4.79 Å². The van der Waals surface area contributed by atoms with Crippen molar-refractivity contribution in [3.63, 3.8) is 0 Å². The molecule has 4 heteroatoms. The van der Waals surface area contributed by atoms with Crippen molar-refractivity contribution in [2.75, 3.05) is 25.4 Å². The first-order chi connectivity index (χ1) is 7.68. The molecule has 0 bridgehead atoms. The first-order valence-electron chi connectivity index (χ1n) is 6.27. The second-order valence-electron chi connectivity index (χ2n) is 4.79. The van der Waals surface area contributed by atoms with Gasteiger partial charge >= 0.3 is 0 Å². The fraction of sp³-hybridized carbons (Fsp3) is 0.917. The van der Waals surface area contributed by atoms with E-state index in [4.69, 9.17) is 0 Å². The molecule has 1 aliphatic heterocycles. The van der Waals surface area contributed by atoms with Crippen LogP contribution in [-0.4, -0.2) is 36.5 Å². The Bertz CT molecular complexity index is 203. The van der Waals surface area contributed by atoms with E-state index in [1.165, 1.54) is 12.8 Å². The molecule has 2 N–H and O–H groups in total. The largest absolute Gasteiger partial charge is 0.355 e. The molecule has 1 heterocycles. The van der Waals surface area contributed by atoms with Crippen LogP contribution in [0, 0.1) is 5.92 Å². The highest BCUT2D eigenvalue weighted by Gasteiger charge is 2.14. The molecule has 0 saturated carbocycles. The Morgan fingerprint density at radius 1 is 1.44 bits per heavy atom. The van der Waals surface area contributed by atoms with Crippen molar-refractivity contribution in [2.45, 2.75) is 38.4 Å². The average molecular weight is 244 g/mol. The van der Waals surface area contributed by atoms with Crippen molar-refractivity contribution in [1.82, 2.24) is 10.6 Å². The molecule has 1 rings (SSSR count). The lowest BCUT2D eigenvalue weighted by Crippen LogP contribution is -2.31. The third kappa shape index (κ3) is 6.38. The standard InChI is InChI=1S/C12H24N2OS/c1-10(2)3-8-14-12(15)9-16-11-4-6-13-7-5-11/h10-11,13H,3-9H2,1-2H3,(H,14,15). The Hall–Kier alpha value is -0.220. The normalized spacial score (nSPS) is 17.7. The zero-order valence-electron chi connectivity index (χ0n) is 10.4. The van der Waals surface area contributed by atoms with Crippen LogP contribution in [0.3, 0.4) is 0 Å². The molecule has 1 amide bonds. The number of rotatable bonds is 6. The highest BCUT2D eigenvalue weighted by molar-refractivity contribution is 8.00. The summed E-state index contributed by atoms with van der Waals surface area (Å²) in [6.07, 6.45) is 3.47. The van der Waals surface area contributed by atoms with Crippen LogP contribution < -0.4 is 10.6 Å². The number of amides is 1. The van der Waals surface area contributed by atoms with E-state index >= 15 is 0 Å². The van der Waals surface area contributed by atoms with Gasteiger partial charge in [0, 0.05) is 11.8 Å². The van der Waals surface area contributed by atoms with Crippen LogP contribution in [0.2, 0.25) is 0 Å². The summed E-state index contributed by atoms with van der Waals surface area (Å²) in [5, 5.41) is 6.99. The van der Waals surface area contributed by atoms with Crippen molar-refractivity contribution >= 4 is 17.7 Å². The van der Waals surface area contributed by atoms with Crippen LogP contribution >= 0.6 is 11.8 Å². The molecule has 0 aromatic rings. The van der Waals surface area contributed by atoms with Crippen LogP contribution in [-0.2, 0) is 4.79 Å². The highest BCUT2D eigenvalue weighted by atomic mass is 32.2. The van der Waals surface area contributed by atoms with Crippen molar-refractivity contribution < 1.29 is 4.79 Å². The summed E-state index contributed by atoms with van der Waals surface area (Å²) in [7, 11) is 0. The monoisotopic (exact) mass is 244 g/mol. The van der Waals surface area contributed by atoms with E-state index in [2.05, 4.69) is 24.5 Å². The lowest BCUT2D eigenvalue weighted by atomic mass is 10.1. The molecule has 1 fully saturated rings. The molecule has 94 valence electrons. The zero-order chi connectivity index (χ0) is 11.8. The first kappa shape index (κ1) is 13.8. The number of hydrogen-bond acceptors (Lipinski definition) is 3.